The largest absolute Gasteiger partial charge is 0.497 e. The van der Waals surface area contributed by atoms with Crippen molar-refractivity contribution >= 4 is 5.82 Å². The van der Waals surface area contributed by atoms with E-state index in [4.69, 9.17) is 14.2 Å². The average molecular weight is 399 g/mol. The number of fused-ring (bicyclic) bond motifs is 1. The highest BCUT2D eigenvalue weighted by Gasteiger charge is 2.32. The molecule has 0 bridgehead atoms. The number of rotatable bonds is 6. The molecule has 0 spiro atoms. The molecule has 1 aromatic heterocycles. The van der Waals surface area contributed by atoms with Gasteiger partial charge in [-0.25, -0.2) is 9.97 Å². The molecule has 7 heteroatoms. The molecule has 4 rings (SSSR count). The number of ether oxygens (including phenoxy) is 3. The van der Waals surface area contributed by atoms with Crippen LogP contribution in [0.2, 0.25) is 0 Å². The number of aliphatic hydroxyl groups excluding tert-OH is 1. The third kappa shape index (κ3) is 4.31. The molecule has 2 aromatic rings. The summed E-state index contributed by atoms with van der Waals surface area (Å²) in [7, 11) is 3.42. The first-order chi connectivity index (χ1) is 14.1. The minimum absolute atomic E-state index is 0.0193. The number of hydrogen-bond acceptors (Lipinski definition) is 7. The van der Waals surface area contributed by atoms with Gasteiger partial charge in [0.05, 0.1) is 25.4 Å². The van der Waals surface area contributed by atoms with Gasteiger partial charge in [0.1, 0.15) is 24.0 Å². The second kappa shape index (κ2) is 8.55. The highest BCUT2D eigenvalue weighted by atomic mass is 16.5. The van der Waals surface area contributed by atoms with E-state index in [9.17, 15) is 5.11 Å². The van der Waals surface area contributed by atoms with Gasteiger partial charge >= 0.3 is 0 Å². The molecule has 0 radical (unpaired) electrons. The predicted octanol–water partition coefficient (Wildman–Crippen LogP) is 3.14. The first-order valence-corrected chi connectivity index (χ1v) is 10.2. The van der Waals surface area contributed by atoms with E-state index < -0.39 is 0 Å². The molecule has 0 aliphatic heterocycles. The fourth-order valence-electron chi connectivity index (χ4n) is 4.39. The standard InChI is InChI=1S/C22H29N3O4/c1-13-8-16(10-18(13)26)29-21-11-20(23-12-24-21)25-22-17-9-15(27-2)6-4-14(17)5-7-19(22)28-3/h4,6,9,11-13,16,18-19,22,26H,5,7-8,10H2,1-3H3,(H,23,24,25)/t13-,16+,18-,19+,22-/m0/s1. The van der Waals surface area contributed by atoms with Crippen molar-refractivity contribution < 1.29 is 19.3 Å². The van der Waals surface area contributed by atoms with Crippen LogP contribution in [0, 0.1) is 5.92 Å². The number of aryl methyl sites for hydroxylation is 1. The summed E-state index contributed by atoms with van der Waals surface area (Å²) in [5.74, 6) is 2.28. The van der Waals surface area contributed by atoms with Crippen molar-refractivity contribution in [2.24, 2.45) is 5.92 Å². The molecule has 2 N–H and O–H groups in total. The molecule has 156 valence electrons. The Morgan fingerprint density at radius 3 is 2.72 bits per heavy atom. The number of anilines is 1. The van der Waals surface area contributed by atoms with Crippen molar-refractivity contribution in [2.75, 3.05) is 19.5 Å². The third-order valence-electron chi connectivity index (χ3n) is 6.09. The summed E-state index contributed by atoms with van der Waals surface area (Å²) >= 11 is 0. The smallest absolute Gasteiger partial charge is 0.218 e. The Kier molecular flexibility index (Phi) is 5.87. The van der Waals surface area contributed by atoms with E-state index in [2.05, 4.69) is 27.4 Å². The van der Waals surface area contributed by atoms with Crippen LogP contribution in [0.5, 0.6) is 11.6 Å². The van der Waals surface area contributed by atoms with Gasteiger partial charge in [0, 0.05) is 19.6 Å². The van der Waals surface area contributed by atoms with E-state index in [0.29, 0.717) is 18.1 Å². The first-order valence-electron chi connectivity index (χ1n) is 10.2. The van der Waals surface area contributed by atoms with Gasteiger partial charge in [0.2, 0.25) is 5.88 Å². The Labute approximate surface area is 171 Å². The lowest BCUT2D eigenvalue weighted by Gasteiger charge is -2.33. The average Bonchev–Trinajstić information content (AvgIpc) is 3.05. The van der Waals surface area contributed by atoms with Gasteiger partial charge in [-0.05, 0) is 48.4 Å². The van der Waals surface area contributed by atoms with E-state index in [0.717, 1.165) is 30.6 Å². The number of benzene rings is 1. The molecule has 7 nitrogen and oxygen atoms in total. The maximum absolute atomic E-state index is 9.96. The Bertz CT molecular complexity index is 837. The van der Waals surface area contributed by atoms with Crippen molar-refractivity contribution in [3.8, 4) is 11.6 Å². The SMILES string of the molecule is COc1ccc2c(c1)[C@H](Nc1cc(O[C@@H]3C[C@H](C)[C@@H](O)C3)ncn1)[C@H](OC)CC2. The van der Waals surface area contributed by atoms with Crippen LogP contribution in [0.25, 0.3) is 0 Å². The molecule has 2 aliphatic carbocycles. The van der Waals surface area contributed by atoms with Crippen LogP contribution in [0.4, 0.5) is 5.82 Å². The van der Waals surface area contributed by atoms with Gasteiger partial charge in [0.25, 0.3) is 0 Å². The summed E-state index contributed by atoms with van der Waals surface area (Å²) in [5.41, 5.74) is 2.45. The number of methoxy groups -OCH3 is 2. The number of nitrogens with one attached hydrogen (secondary N) is 1. The van der Waals surface area contributed by atoms with Gasteiger partial charge in [-0.2, -0.15) is 0 Å². The predicted molar refractivity (Wildman–Crippen MR) is 109 cm³/mol. The lowest BCUT2D eigenvalue weighted by molar-refractivity contribution is 0.0734. The molecular weight excluding hydrogens is 370 g/mol. The van der Waals surface area contributed by atoms with Crippen molar-refractivity contribution in [2.45, 2.75) is 57.0 Å². The van der Waals surface area contributed by atoms with Gasteiger partial charge in [-0.1, -0.05) is 13.0 Å². The lowest BCUT2D eigenvalue weighted by Crippen LogP contribution is -2.32. The Morgan fingerprint density at radius 2 is 2.00 bits per heavy atom. The third-order valence-corrected chi connectivity index (χ3v) is 6.09. The summed E-state index contributed by atoms with van der Waals surface area (Å²) in [6.45, 7) is 2.04. The minimum atomic E-state index is -0.310. The Morgan fingerprint density at radius 1 is 1.14 bits per heavy atom. The molecule has 29 heavy (non-hydrogen) atoms. The van der Waals surface area contributed by atoms with Gasteiger partial charge in [-0.3, -0.25) is 0 Å². The maximum atomic E-state index is 9.96. The van der Waals surface area contributed by atoms with E-state index in [1.165, 1.54) is 11.9 Å². The minimum Gasteiger partial charge on any atom is -0.497 e. The highest BCUT2D eigenvalue weighted by molar-refractivity contribution is 5.47. The van der Waals surface area contributed by atoms with Crippen molar-refractivity contribution in [1.29, 1.82) is 0 Å². The van der Waals surface area contributed by atoms with Gasteiger partial charge in [-0.15, -0.1) is 0 Å². The van der Waals surface area contributed by atoms with Crippen LogP contribution in [0.3, 0.4) is 0 Å². The normalized spacial score (nSPS) is 28.6. The summed E-state index contributed by atoms with van der Waals surface area (Å²) in [6.07, 6.45) is 4.56. The summed E-state index contributed by atoms with van der Waals surface area (Å²) in [4.78, 5) is 8.63. The summed E-state index contributed by atoms with van der Waals surface area (Å²) in [6, 6.07) is 7.95. The van der Waals surface area contributed by atoms with Crippen LogP contribution >= 0.6 is 0 Å². The fraction of sp³-hybridized carbons (Fsp3) is 0.545. The molecule has 0 unspecified atom stereocenters. The summed E-state index contributed by atoms with van der Waals surface area (Å²) in [5, 5.41) is 13.5. The van der Waals surface area contributed by atoms with E-state index >= 15 is 0 Å². The summed E-state index contributed by atoms with van der Waals surface area (Å²) < 4.78 is 17.2. The van der Waals surface area contributed by atoms with Crippen LogP contribution < -0.4 is 14.8 Å². The van der Waals surface area contributed by atoms with E-state index in [-0.39, 0.29) is 30.3 Å². The molecule has 2 aliphatic rings. The van der Waals surface area contributed by atoms with Gasteiger partial charge in [0.15, 0.2) is 0 Å². The molecule has 0 saturated heterocycles. The topological polar surface area (TPSA) is 85.7 Å². The zero-order valence-corrected chi connectivity index (χ0v) is 17.2. The number of aromatic nitrogens is 2. The second-order valence-electron chi connectivity index (χ2n) is 8.00. The quantitative estimate of drug-likeness (QED) is 0.772. The molecule has 1 heterocycles. The van der Waals surface area contributed by atoms with E-state index in [1.54, 1.807) is 14.2 Å². The Hall–Kier alpha value is -2.38. The fourth-order valence-corrected chi connectivity index (χ4v) is 4.39. The Balaban J connectivity index is 1.54. The van der Waals surface area contributed by atoms with Crippen LogP contribution in [0.1, 0.15) is 43.4 Å². The maximum Gasteiger partial charge on any atom is 0.218 e. The van der Waals surface area contributed by atoms with Crippen molar-refractivity contribution in [3.05, 3.63) is 41.7 Å². The molecule has 1 saturated carbocycles. The molecule has 1 aromatic carbocycles. The number of aliphatic hydroxyl groups is 1. The number of nitrogens with zero attached hydrogens (tertiary/aromatic N) is 2. The monoisotopic (exact) mass is 399 g/mol. The molecular formula is C22H29N3O4. The van der Waals surface area contributed by atoms with Crippen LogP contribution in [0.15, 0.2) is 30.6 Å². The molecule has 5 atom stereocenters. The molecule has 1 fully saturated rings. The van der Waals surface area contributed by atoms with Crippen LogP contribution in [-0.4, -0.2) is 47.6 Å². The van der Waals surface area contributed by atoms with Crippen molar-refractivity contribution in [1.82, 2.24) is 9.97 Å². The van der Waals surface area contributed by atoms with Gasteiger partial charge < -0.3 is 24.6 Å². The molecule has 0 amide bonds. The number of hydrogen-bond donors (Lipinski definition) is 2. The second-order valence-corrected chi connectivity index (χ2v) is 8.00. The first kappa shape index (κ1) is 19.9. The highest BCUT2D eigenvalue weighted by Crippen LogP contribution is 2.36. The van der Waals surface area contributed by atoms with Crippen LogP contribution in [-0.2, 0) is 11.2 Å². The lowest BCUT2D eigenvalue weighted by atomic mass is 9.85. The van der Waals surface area contributed by atoms with E-state index in [1.807, 2.05) is 19.1 Å². The zero-order chi connectivity index (χ0) is 20.4. The zero-order valence-electron chi connectivity index (χ0n) is 17.2. The van der Waals surface area contributed by atoms with Crippen molar-refractivity contribution in [3.63, 3.8) is 0 Å².